The van der Waals surface area contributed by atoms with Crippen molar-refractivity contribution in [3.05, 3.63) is 69.9 Å². The Kier molecular flexibility index (Phi) is 28.0. The number of halogens is 2. The predicted molar refractivity (Wildman–Crippen MR) is 495 cm³/mol. The van der Waals surface area contributed by atoms with Gasteiger partial charge in [0.1, 0.15) is 117 Å². The fourth-order valence-electron chi connectivity index (χ4n) is 19.4. The molecule has 36 heteroatoms. The highest BCUT2D eigenvalue weighted by atomic mass is 35.5. The number of nitrogens with zero attached hydrogens (tertiary/aromatic N) is 8. The summed E-state index contributed by atoms with van der Waals surface area (Å²) in [6.45, 7) is 39.5. The number of carboxylic acids is 2. The molecule has 4 aliphatic heterocycles. The van der Waals surface area contributed by atoms with Gasteiger partial charge in [-0.3, -0.25) is 29.0 Å². The van der Waals surface area contributed by atoms with E-state index in [1.165, 1.54) is 45.0 Å². The minimum atomic E-state index is -1.54. The number of nitrogens with one attached hydrogen (secondary N) is 6. The lowest BCUT2D eigenvalue weighted by atomic mass is 9.85. The van der Waals surface area contributed by atoms with Gasteiger partial charge in [-0.05, 0) is 171 Å². The van der Waals surface area contributed by atoms with E-state index in [0.29, 0.717) is 167 Å². The second-order valence-corrected chi connectivity index (χ2v) is 43.4. The van der Waals surface area contributed by atoms with Gasteiger partial charge in [-0.1, -0.05) is 84.2 Å². The molecular weight excluding hydrogens is 1750 g/mol. The number of carboxylic acid groups (broad SMARTS) is 2. The number of carbonyl (C=O) groups is 8. The number of hydrogen-bond donors (Lipinski definition) is 8. The lowest BCUT2D eigenvalue weighted by molar-refractivity contribution is -0.146. The van der Waals surface area contributed by atoms with Crippen molar-refractivity contribution >= 4 is 126 Å². The number of thiazole rings is 2. The molecule has 0 bridgehead atoms. The minimum Gasteiger partial charge on any atom is -0.491 e. The Hall–Kier alpha value is -9.16. The van der Waals surface area contributed by atoms with Gasteiger partial charge in [-0.15, -0.1) is 29.3 Å². The number of aliphatic carboxylic acids is 2. The Morgan fingerprint density at radius 2 is 0.969 bits per heavy atom. The lowest BCUT2D eigenvalue weighted by Gasteiger charge is -2.41. The molecule has 32 nitrogen and oxygen atoms in total. The molecule has 10 aliphatic rings. The number of amides is 6. The SMILES string of the molecule is C=C[C@@H]1CC1(NC(=O)[C@@H]1C[C@@H](Oc2cc(-c3csc(NC(C)C)n3)nc3c(Cl)c(OCCN4CCOCC4(C)C)ccc23)CN1C(=O)[C@@H](NC(=O)OC1C[C@@H]2C[C@@H]2C1)C(C)(C)C)C(=O)O.CC[C@@H]1CC1(NC(=O)[C@@H]1C[C@@H](Oc2cc(-c3csc(NC(C)C)n3)nc3c(Cl)c(OCCN4CCOCC4(C)C)ccc23)CN1C(=O)[C@@H](NC(=O)OC1C[C@@H]2C[C@@H]2C1)C(C)(C)C)C(=O)O. The van der Waals surface area contributed by atoms with Crippen molar-refractivity contribution in [3.63, 3.8) is 0 Å². The van der Waals surface area contributed by atoms with Crippen LogP contribution < -0.4 is 50.8 Å². The first kappa shape index (κ1) is 95.5. The number of rotatable bonds is 32. The van der Waals surface area contributed by atoms with E-state index in [1.54, 1.807) is 24.3 Å². The molecule has 4 saturated heterocycles. The van der Waals surface area contributed by atoms with Gasteiger partial charge < -0.3 is 89.8 Å². The molecule has 8 heterocycles. The first-order valence-electron chi connectivity index (χ1n) is 45.8. The molecular formula is C94H126Cl2N14O18S2. The lowest BCUT2D eigenvalue weighted by Crippen LogP contribution is -2.59. The predicted octanol–water partition coefficient (Wildman–Crippen LogP) is 13.7. The molecule has 2 aromatic carbocycles. The highest BCUT2D eigenvalue weighted by Crippen LogP contribution is 2.55. The van der Waals surface area contributed by atoms with E-state index in [2.05, 4.69) is 76.0 Å². The topological polar surface area (TPSA) is 388 Å². The van der Waals surface area contributed by atoms with Gasteiger partial charge >= 0.3 is 24.1 Å². The summed E-state index contributed by atoms with van der Waals surface area (Å²) in [7, 11) is 0. The second kappa shape index (κ2) is 38.1. The normalized spacial score (nSPS) is 27.5. The highest BCUT2D eigenvalue weighted by molar-refractivity contribution is 7.14. The maximum absolute atomic E-state index is 14.8. The summed E-state index contributed by atoms with van der Waals surface area (Å²) in [6.07, 6.45) is 4.93. The molecule has 6 saturated carbocycles. The smallest absolute Gasteiger partial charge is 0.408 e. The van der Waals surface area contributed by atoms with E-state index in [4.69, 9.17) is 81.0 Å². The number of alkyl carbamates (subject to hydrolysis) is 2. The second-order valence-electron chi connectivity index (χ2n) is 40.9. The average molecular weight is 1880 g/mol. The zero-order valence-electron chi connectivity index (χ0n) is 77.0. The first-order chi connectivity index (χ1) is 61.5. The van der Waals surface area contributed by atoms with Gasteiger partial charge in [-0.2, -0.15) is 0 Å². The molecule has 4 aromatic heterocycles. The molecule has 10 fully saturated rings. The van der Waals surface area contributed by atoms with Crippen molar-refractivity contribution in [2.75, 3.05) is 89.5 Å². The maximum Gasteiger partial charge on any atom is 0.408 e. The standard InChI is InChI=1S/C47H64ClN7O9S.C47H62ClN7O9S/c2*1-9-28-21-47(28,42(58)59)53-40(56)34-19-30(22-55(34)41(57)39(45(4,5)6)52-44(60)64-29-17-26-16-27(26)18-29)63-36-20-32(33-23-65-43(51-33)49-25(2)3)50-38-31(36)10-11-35(37(38)48)62-15-13-54-12-14-61-24-46(54,7)8/h10-11,20,23,25-30,34,39H,9,12-19,21-22,24H2,1-8H3,(H,49,51)(H,52,60)(H,53,56)(H,58,59);9-11,20,23,25-30,34,39H,1,12-19,21-22,24H2,2-8H3,(H,49,51)(H,52,60)(H,53,56)(H,58,59)/t2*26-,27+,28-,29?,30-,34+,39-,47?/m11/s1. The van der Waals surface area contributed by atoms with Crippen LogP contribution in [0.3, 0.4) is 0 Å². The average Bonchev–Trinajstić information content (AvgIpc) is 1.58. The molecule has 6 aliphatic carbocycles. The van der Waals surface area contributed by atoms with Gasteiger partial charge in [-0.25, -0.2) is 39.1 Å². The molecule has 16 atom stereocenters. The number of morpholine rings is 2. The van der Waals surface area contributed by atoms with Gasteiger partial charge in [0, 0.05) is 102 Å². The van der Waals surface area contributed by atoms with Crippen LogP contribution in [-0.4, -0.2) is 259 Å². The van der Waals surface area contributed by atoms with Crippen LogP contribution in [0.25, 0.3) is 44.6 Å². The van der Waals surface area contributed by atoms with Crippen molar-refractivity contribution in [3.8, 4) is 45.8 Å². The summed E-state index contributed by atoms with van der Waals surface area (Å²) in [6, 6.07) is 6.68. The molecule has 6 amide bonds. The van der Waals surface area contributed by atoms with Crippen molar-refractivity contribution < 1.29 is 86.5 Å². The van der Waals surface area contributed by atoms with Gasteiger partial charge in [0.2, 0.25) is 23.6 Å². The van der Waals surface area contributed by atoms with Crippen LogP contribution in [0.5, 0.6) is 23.0 Å². The zero-order valence-corrected chi connectivity index (χ0v) is 80.1. The summed E-state index contributed by atoms with van der Waals surface area (Å²) in [5.41, 5.74) is -1.83. The van der Waals surface area contributed by atoms with Gasteiger partial charge in [0.05, 0.1) is 61.9 Å². The first-order valence-corrected chi connectivity index (χ1v) is 48.3. The van der Waals surface area contributed by atoms with Crippen LogP contribution in [0.2, 0.25) is 10.0 Å². The molecule has 8 N–H and O–H groups in total. The molecule has 16 rings (SSSR count). The fraction of sp³-hybridized carbons (Fsp3) is 0.638. The van der Waals surface area contributed by atoms with E-state index in [0.717, 1.165) is 50.3 Å². The Bertz CT molecular complexity index is 5250. The Labute approximate surface area is 777 Å². The number of carbonyl (C=O) groups excluding carboxylic acids is 6. The molecule has 706 valence electrons. The van der Waals surface area contributed by atoms with Crippen LogP contribution >= 0.6 is 45.9 Å². The Balaban J connectivity index is 0.000000199. The zero-order chi connectivity index (χ0) is 93.2. The van der Waals surface area contributed by atoms with Crippen LogP contribution in [-0.2, 0) is 47.7 Å². The Morgan fingerprint density at radius 1 is 0.562 bits per heavy atom. The van der Waals surface area contributed by atoms with E-state index in [9.17, 15) is 48.6 Å². The monoisotopic (exact) mass is 1870 g/mol. The number of aromatic nitrogens is 4. The van der Waals surface area contributed by atoms with Crippen molar-refractivity contribution in [1.29, 1.82) is 0 Å². The number of ether oxygens (including phenoxy) is 8. The van der Waals surface area contributed by atoms with Crippen molar-refractivity contribution in [2.45, 2.75) is 257 Å². The summed E-state index contributed by atoms with van der Waals surface area (Å²) in [5.74, 6) is -1.20. The maximum atomic E-state index is 14.8. The number of fused-ring (bicyclic) bond motifs is 4. The molecule has 4 unspecified atom stereocenters. The number of hydrogen-bond acceptors (Lipinski definition) is 26. The number of likely N-dealkylation sites (tertiary alicyclic amines) is 2. The van der Waals surface area contributed by atoms with Gasteiger partial charge in [0.25, 0.3) is 0 Å². The van der Waals surface area contributed by atoms with Gasteiger partial charge in [0.15, 0.2) is 10.3 Å². The van der Waals surface area contributed by atoms with Crippen LogP contribution in [0.4, 0.5) is 19.9 Å². The van der Waals surface area contributed by atoms with E-state index in [-0.39, 0.29) is 78.7 Å². The summed E-state index contributed by atoms with van der Waals surface area (Å²) < 4.78 is 49.3. The fourth-order valence-corrected chi connectivity index (χ4v) is 21.6. The molecule has 0 radical (unpaired) electrons. The van der Waals surface area contributed by atoms with Crippen molar-refractivity contribution in [1.82, 2.24) is 60.8 Å². The molecule has 6 aromatic rings. The summed E-state index contributed by atoms with van der Waals surface area (Å²) >= 11 is 17.2. The van der Waals surface area contributed by atoms with E-state index in [1.807, 2.05) is 99.1 Å². The third-order valence-corrected chi connectivity index (χ3v) is 29.5. The molecule has 130 heavy (non-hydrogen) atoms. The number of anilines is 2. The third-order valence-electron chi connectivity index (χ3n) is 27.3. The highest BCUT2D eigenvalue weighted by Gasteiger charge is 2.63. The van der Waals surface area contributed by atoms with E-state index < -0.39 is 112 Å². The largest absolute Gasteiger partial charge is 0.491 e. The summed E-state index contributed by atoms with van der Waals surface area (Å²) in [4.78, 5) is 137. The van der Waals surface area contributed by atoms with Crippen LogP contribution in [0, 0.1) is 46.3 Å². The van der Waals surface area contributed by atoms with E-state index >= 15 is 0 Å². The summed E-state index contributed by atoms with van der Waals surface area (Å²) in [5, 5.41) is 45.4. The minimum absolute atomic E-state index is 0.0172. The molecule has 0 spiro atoms. The Morgan fingerprint density at radius 3 is 1.32 bits per heavy atom. The number of benzene rings is 2. The quantitative estimate of drug-likeness (QED) is 0.0182. The van der Waals surface area contributed by atoms with Crippen LogP contribution in [0.15, 0.2) is 59.8 Å². The third kappa shape index (κ3) is 21.2. The van der Waals surface area contributed by atoms with Crippen LogP contribution in [0.1, 0.15) is 174 Å². The number of pyridine rings is 2. The van der Waals surface area contributed by atoms with Crippen molar-refractivity contribution in [2.24, 2.45) is 46.3 Å².